The number of nitrogens with zero attached hydrogens (tertiary/aromatic N) is 1. The molecule has 0 aromatic carbocycles. The Kier molecular flexibility index (Phi) is 2.52. The first-order valence-corrected chi connectivity index (χ1v) is 5.45. The first-order valence-electron chi connectivity index (χ1n) is 4.66. The van der Waals surface area contributed by atoms with Crippen LogP contribution < -0.4 is 5.73 Å². The quantitative estimate of drug-likeness (QED) is 0.849. The number of pyridine rings is 1. The van der Waals surface area contributed by atoms with Crippen LogP contribution in [0, 0.1) is 0 Å². The summed E-state index contributed by atoms with van der Waals surface area (Å²) in [6.07, 6.45) is 2.52. The van der Waals surface area contributed by atoms with E-state index in [1.165, 1.54) is 0 Å². The van der Waals surface area contributed by atoms with Crippen molar-refractivity contribution in [3.63, 3.8) is 0 Å². The number of halogens is 1. The molecule has 1 saturated carbocycles. The third-order valence-electron chi connectivity index (χ3n) is 2.84. The van der Waals surface area contributed by atoms with E-state index in [0.717, 1.165) is 4.47 Å². The first kappa shape index (κ1) is 10.6. The molecule has 1 aliphatic carbocycles. The molecule has 3 N–H and O–H groups in total. The minimum absolute atomic E-state index is 0.0324. The number of aromatic nitrogens is 1. The van der Waals surface area contributed by atoms with Crippen LogP contribution in [0.2, 0.25) is 0 Å². The number of carbonyl (C=O) groups is 1. The van der Waals surface area contributed by atoms with Gasteiger partial charge in [0, 0.05) is 16.7 Å². The number of carboxylic acid groups (broad SMARTS) is 1. The van der Waals surface area contributed by atoms with Gasteiger partial charge in [0.15, 0.2) is 0 Å². The second-order valence-electron chi connectivity index (χ2n) is 3.89. The average molecular weight is 271 g/mol. The lowest BCUT2D eigenvalue weighted by Crippen LogP contribution is -2.54. The van der Waals surface area contributed by atoms with E-state index in [9.17, 15) is 9.90 Å². The lowest BCUT2D eigenvalue weighted by molar-refractivity contribution is -0.148. The van der Waals surface area contributed by atoms with Gasteiger partial charge in [0.05, 0.1) is 5.69 Å². The minimum Gasteiger partial charge on any atom is -0.481 e. The summed E-state index contributed by atoms with van der Waals surface area (Å²) in [6, 6.07) is 3.54. The van der Waals surface area contributed by atoms with Crippen molar-refractivity contribution in [2.24, 2.45) is 5.73 Å². The van der Waals surface area contributed by atoms with Crippen LogP contribution in [-0.2, 0) is 10.2 Å². The predicted octanol–water partition coefficient (Wildman–Crippen LogP) is 1.29. The van der Waals surface area contributed by atoms with Crippen LogP contribution in [0.5, 0.6) is 0 Å². The van der Waals surface area contributed by atoms with Crippen LogP contribution in [0.4, 0.5) is 0 Å². The highest BCUT2D eigenvalue weighted by Gasteiger charge is 2.52. The van der Waals surface area contributed by atoms with Gasteiger partial charge in [-0.15, -0.1) is 0 Å². The van der Waals surface area contributed by atoms with Crippen LogP contribution in [0.15, 0.2) is 22.8 Å². The third kappa shape index (κ3) is 1.55. The summed E-state index contributed by atoms with van der Waals surface area (Å²) in [4.78, 5) is 15.4. The molecular formula is C10H11BrN2O2. The van der Waals surface area contributed by atoms with Gasteiger partial charge in [-0.3, -0.25) is 9.78 Å². The Hall–Kier alpha value is -0.940. The van der Waals surface area contributed by atoms with E-state index in [1.807, 2.05) is 0 Å². The first-order chi connectivity index (χ1) is 7.06. The molecule has 15 heavy (non-hydrogen) atoms. The number of carboxylic acids is 1. The Bertz CT molecular complexity index is 402. The van der Waals surface area contributed by atoms with Crippen LogP contribution in [0.1, 0.15) is 18.5 Å². The Morgan fingerprint density at radius 1 is 1.67 bits per heavy atom. The molecule has 0 amide bonds. The molecule has 0 spiro atoms. The highest BCUT2D eigenvalue weighted by molar-refractivity contribution is 9.10. The summed E-state index contributed by atoms with van der Waals surface area (Å²) in [5.41, 5.74) is 5.37. The fourth-order valence-corrected chi connectivity index (χ4v) is 2.68. The minimum atomic E-state index is -0.889. The molecule has 0 atom stereocenters. The monoisotopic (exact) mass is 270 g/mol. The molecular weight excluding hydrogens is 260 g/mol. The molecule has 1 aromatic heterocycles. The van der Waals surface area contributed by atoms with Gasteiger partial charge < -0.3 is 10.8 Å². The predicted molar refractivity (Wildman–Crippen MR) is 58.5 cm³/mol. The van der Waals surface area contributed by atoms with Gasteiger partial charge in [0.2, 0.25) is 0 Å². The second-order valence-corrected chi connectivity index (χ2v) is 4.74. The fraction of sp³-hybridized carbons (Fsp3) is 0.400. The third-order valence-corrected chi connectivity index (χ3v) is 3.48. The SMILES string of the molecule is NC1CC(C(=O)O)(c2ncccc2Br)C1. The lowest BCUT2D eigenvalue weighted by Gasteiger charge is -2.42. The van der Waals surface area contributed by atoms with E-state index in [4.69, 9.17) is 5.73 Å². The lowest BCUT2D eigenvalue weighted by atomic mass is 9.63. The van der Waals surface area contributed by atoms with Gasteiger partial charge in [0.25, 0.3) is 0 Å². The Morgan fingerprint density at radius 3 is 2.80 bits per heavy atom. The van der Waals surface area contributed by atoms with Crippen LogP contribution in [-0.4, -0.2) is 22.1 Å². The Labute approximate surface area is 95.6 Å². The molecule has 0 radical (unpaired) electrons. The van der Waals surface area contributed by atoms with Gasteiger partial charge >= 0.3 is 5.97 Å². The molecule has 1 heterocycles. The van der Waals surface area contributed by atoms with E-state index in [1.54, 1.807) is 18.3 Å². The normalized spacial score (nSPS) is 29.6. The van der Waals surface area contributed by atoms with E-state index in [0.29, 0.717) is 18.5 Å². The summed E-state index contributed by atoms with van der Waals surface area (Å²) >= 11 is 3.33. The summed E-state index contributed by atoms with van der Waals surface area (Å²) in [5.74, 6) is -0.844. The molecule has 80 valence electrons. The van der Waals surface area contributed by atoms with Crippen molar-refractivity contribution in [1.82, 2.24) is 4.98 Å². The number of rotatable bonds is 2. The maximum absolute atomic E-state index is 11.3. The summed E-state index contributed by atoms with van der Waals surface area (Å²) in [7, 11) is 0. The molecule has 4 nitrogen and oxygen atoms in total. The van der Waals surface area contributed by atoms with Crippen molar-refractivity contribution in [1.29, 1.82) is 0 Å². The molecule has 0 saturated heterocycles. The molecule has 0 aliphatic heterocycles. The summed E-state index contributed by atoms with van der Waals surface area (Å²) in [5, 5.41) is 9.26. The summed E-state index contributed by atoms with van der Waals surface area (Å²) in [6.45, 7) is 0. The Balaban J connectivity index is 2.43. The maximum Gasteiger partial charge on any atom is 0.315 e. The molecule has 1 aromatic rings. The zero-order valence-corrected chi connectivity index (χ0v) is 9.57. The van der Waals surface area contributed by atoms with Crippen molar-refractivity contribution in [2.45, 2.75) is 24.3 Å². The van der Waals surface area contributed by atoms with Gasteiger partial charge in [-0.05, 0) is 40.9 Å². The zero-order valence-electron chi connectivity index (χ0n) is 7.98. The summed E-state index contributed by atoms with van der Waals surface area (Å²) < 4.78 is 0.735. The highest BCUT2D eigenvalue weighted by Crippen LogP contribution is 2.44. The van der Waals surface area contributed by atoms with E-state index in [2.05, 4.69) is 20.9 Å². The molecule has 0 unspecified atom stereocenters. The molecule has 1 fully saturated rings. The highest BCUT2D eigenvalue weighted by atomic mass is 79.9. The van der Waals surface area contributed by atoms with Crippen molar-refractivity contribution in [3.05, 3.63) is 28.5 Å². The fourth-order valence-electron chi connectivity index (χ4n) is 2.04. The maximum atomic E-state index is 11.3. The standard InChI is InChI=1S/C10H11BrN2O2/c11-7-2-1-3-13-8(7)10(9(14)15)4-6(12)5-10/h1-3,6H,4-5,12H2,(H,14,15). The molecule has 2 rings (SSSR count). The molecule has 0 bridgehead atoms. The smallest absolute Gasteiger partial charge is 0.315 e. The second kappa shape index (κ2) is 3.57. The molecule has 1 aliphatic rings. The number of hydrogen-bond donors (Lipinski definition) is 2. The molecule has 5 heteroatoms. The van der Waals surface area contributed by atoms with Crippen LogP contribution in [0.25, 0.3) is 0 Å². The zero-order chi connectivity index (χ0) is 11.1. The average Bonchev–Trinajstić information content (AvgIpc) is 2.13. The largest absolute Gasteiger partial charge is 0.481 e. The van der Waals surface area contributed by atoms with Crippen molar-refractivity contribution in [3.8, 4) is 0 Å². The number of aliphatic carboxylic acids is 1. The number of nitrogens with two attached hydrogens (primary N) is 1. The van der Waals surface area contributed by atoms with Crippen LogP contribution >= 0.6 is 15.9 Å². The van der Waals surface area contributed by atoms with Crippen molar-refractivity contribution in [2.75, 3.05) is 0 Å². The van der Waals surface area contributed by atoms with Gasteiger partial charge in [-0.25, -0.2) is 0 Å². The van der Waals surface area contributed by atoms with E-state index < -0.39 is 11.4 Å². The van der Waals surface area contributed by atoms with E-state index in [-0.39, 0.29) is 6.04 Å². The topological polar surface area (TPSA) is 76.2 Å². The van der Waals surface area contributed by atoms with E-state index >= 15 is 0 Å². The van der Waals surface area contributed by atoms with Crippen molar-refractivity contribution < 1.29 is 9.90 Å². The van der Waals surface area contributed by atoms with Gasteiger partial charge in [-0.2, -0.15) is 0 Å². The Morgan fingerprint density at radius 2 is 2.33 bits per heavy atom. The number of hydrogen-bond acceptors (Lipinski definition) is 3. The van der Waals surface area contributed by atoms with Crippen molar-refractivity contribution >= 4 is 21.9 Å². The van der Waals surface area contributed by atoms with Gasteiger partial charge in [-0.1, -0.05) is 0 Å². The van der Waals surface area contributed by atoms with Crippen LogP contribution in [0.3, 0.4) is 0 Å². The van der Waals surface area contributed by atoms with Gasteiger partial charge in [0.1, 0.15) is 5.41 Å².